The van der Waals surface area contributed by atoms with Crippen LogP contribution in [-0.2, 0) is 13.7 Å². The maximum atomic E-state index is 12.5. The first kappa shape index (κ1) is 16.8. The quantitative estimate of drug-likeness (QED) is 0.680. The standard InChI is InChI=1S/C17H22N2O2S/c1-10-6-15(13(4)12(3)11(10)2)16(21)9-22-17-18-7-14(8-20)19(17)5/h6-7,20H,8-9H2,1-5H3. The van der Waals surface area contributed by atoms with E-state index >= 15 is 0 Å². The highest BCUT2D eigenvalue weighted by molar-refractivity contribution is 7.99. The predicted octanol–water partition coefficient (Wildman–Crippen LogP) is 3.12. The molecule has 0 amide bonds. The molecule has 0 aliphatic carbocycles. The fourth-order valence-corrected chi connectivity index (χ4v) is 3.27. The van der Waals surface area contributed by atoms with Crippen LogP contribution in [0.2, 0.25) is 0 Å². The molecule has 0 aliphatic heterocycles. The van der Waals surface area contributed by atoms with E-state index in [4.69, 9.17) is 0 Å². The number of rotatable bonds is 5. The molecule has 118 valence electrons. The zero-order chi connectivity index (χ0) is 16.4. The lowest BCUT2D eigenvalue weighted by Crippen LogP contribution is -2.09. The Kier molecular flexibility index (Phi) is 5.08. The SMILES string of the molecule is Cc1cc(C(=O)CSc2ncc(CO)n2C)c(C)c(C)c1C. The molecule has 0 unspecified atom stereocenters. The van der Waals surface area contributed by atoms with E-state index in [2.05, 4.69) is 18.8 Å². The maximum Gasteiger partial charge on any atom is 0.173 e. The number of aliphatic hydroxyl groups excluding tert-OH is 1. The van der Waals surface area contributed by atoms with Crippen LogP contribution in [0, 0.1) is 27.7 Å². The van der Waals surface area contributed by atoms with Crippen molar-refractivity contribution in [3.8, 4) is 0 Å². The summed E-state index contributed by atoms with van der Waals surface area (Å²) in [5, 5.41) is 9.92. The van der Waals surface area contributed by atoms with Crippen LogP contribution in [-0.4, -0.2) is 26.2 Å². The van der Waals surface area contributed by atoms with Crippen molar-refractivity contribution in [1.82, 2.24) is 9.55 Å². The Balaban J connectivity index is 2.18. The Labute approximate surface area is 135 Å². The number of benzene rings is 1. The highest BCUT2D eigenvalue weighted by Crippen LogP contribution is 2.24. The van der Waals surface area contributed by atoms with Gasteiger partial charge in [-0.05, 0) is 56.0 Å². The average Bonchev–Trinajstić information content (AvgIpc) is 2.86. The number of carbonyl (C=O) groups excluding carboxylic acids is 1. The Hall–Kier alpha value is -1.59. The third-order valence-corrected chi connectivity index (χ3v) is 5.36. The second-order valence-electron chi connectivity index (χ2n) is 5.58. The first-order chi connectivity index (χ1) is 10.4. The molecule has 0 saturated heterocycles. The van der Waals surface area contributed by atoms with Gasteiger partial charge in [-0.2, -0.15) is 0 Å². The van der Waals surface area contributed by atoms with Crippen LogP contribution >= 0.6 is 11.8 Å². The molecule has 1 aromatic carbocycles. The highest BCUT2D eigenvalue weighted by Gasteiger charge is 2.15. The van der Waals surface area contributed by atoms with Crippen molar-refractivity contribution in [2.75, 3.05) is 5.75 Å². The van der Waals surface area contributed by atoms with Crippen LogP contribution in [0.4, 0.5) is 0 Å². The van der Waals surface area contributed by atoms with E-state index in [1.54, 1.807) is 6.20 Å². The van der Waals surface area contributed by atoms with Crippen molar-refractivity contribution in [1.29, 1.82) is 0 Å². The maximum absolute atomic E-state index is 12.5. The van der Waals surface area contributed by atoms with Gasteiger partial charge in [0, 0.05) is 12.6 Å². The Bertz CT molecular complexity index is 720. The summed E-state index contributed by atoms with van der Waals surface area (Å²) in [5.74, 6) is 0.459. The number of nitrogens with zero attached hydrogens (tertiary/aromatic N) is 2. The Morgan fingerprint density at radius 2 is 1.91 bits per heavy atom. The molecule has 2 aromatic rings. The zero-order valence-corrected chi connectivity index (χ0v) is 14.5. The average molecular weight is 318 g/mol. The minimum Gasteiger partial charge on any atom is -0.390 e. The number of ketones is 1. The monoisotopic (exact) mass is 318 g/mol. The largest absolute Gasteiger partial charge is 0.390 e. The van der Waals surface area contributed by atoms with Crippen LogP contribution in [0.25, 0.3) is 0 Å². The third-order valence-electron chi connectivity index (χ3n) is 4.32. The number of Topliss-reactive ketones (excluding diaryl/α,β-unsaturated/α-hetero) is 1. The van der Waals surface area contributed by atoms with Gasteiger partial charge in [-0.25, -0.2) is 4.98 Å². The third kappa shape index (κ3) is 3.10. The van der Waals surface area contributed by atoms with Crippen molar-refractivity contribution in [2.45, 2.75) is 39.5 Å². The van der Waals surface area contributed by atoms with Crippen molar-refractivity contribution < 1.29 is 9.90 Å². The van der Waals surface area contributed by atoms with Gasteiger partial charge in [-0.15, -0.1) is 0 Å². The normalized spacial score (nSPS) is 11.0. The summed E-state index contributed by atoms with van der Waals surface area (Å²) in [5.41, 5.74) is 6.18. The molecular formula is C17H22N2O2S. The van der Waals surface area contributed by atoms with Gasteiger partial charge in [-0.1, -0.05) is 11.8 Å². The molecule has 5 heteroatoms. The summed E-state index contributed by atoms with van der Waals surface area (Å²) in [6.07, 6.45) is 1.64. The highest BCUT2D eigenvalue weighted by atomic mass is 32.2. The van der Waals surface area contributed by atoms with Gasteiger partial charge < -0.3 is 9.67 Å². The van der Waals surface area contributed by atoms with Gasteiger partial charge in [0.15, 0.2) is 10.9 Å². The second-order valence-corrected chi connectivity index (χ2v) is 6.52. The number of hydrogen-bond donors (Lipinski definition) is 1. The summed E-state index contributed by atoms with van der Waals surface area (Å²) in [7, 11) is 1.84. The zero-order valence-electron chi connectivity index (χ0n) is 13.7. The van der Waals surface area contributed by atoms with Gasteiger partial charge in [0.1, 0.15) is 0 Å². The van der Waals surface area contributed by atoms with Crippen LogP contribution < -0.4 is 0 Å². The fourth-order valence-electron chi connectivity index (χ4n) is 2.42. The van der Waals surface area contributed by atoms with E-state index in [1.807, 2.05) is 31.5 Å². The number of imidazole rings is 1. The molecule has 1 aromatic heterocycles. The van der Waals surface area contributed by atoms with E-state index in [0.717, 1.165) is 27.5 Å². The van der Waals surface area contributed by atoms with Gasteiger partial charge in [0.05, 0.1) is 24.3 Å². The van der Waals surface area contributed by atoms with Crippen molar-refractivity contribution in [3.05, 3.63) is 45.8 Å². The summed E-state index contributed by atoms with van der Waals surface area (Å²) in [6.45, 7) is 8.15. The molecule has 0 saturated carbocycles. The summed E-state index contributed by atoms with van der Waals surface area (Å²) in [4.78, 5) is 16.8. The van der Waals surface area contributed by atoms with Gasteiger partial charge in [0.2, 0.25) is 0 Å². The van der Waals surface area contributed by atoms with E-state index in [1.165, 1.54) is 22.9 Å². The first-order valence-corrected chi connectivity index (χ1v) is 8.20. The van der Waals surface area contributed by atoms with Crippen LogP contribution in [0.1, 0.15) is 38.3 Å². The molecule has 0 fully saturated rings. The van der Waals surface area contributed by atoms with E-state index in [0.29, 0.717) is 5.75 Å². The van der Waals surface area contributed by atoms with Gasteiger partial charge in [-0.3, -0.25) is 4.79 Å². The van der Waals surface area contributed by atoms with Gasteiger partial charge in [0.25, 0.3) is 0 Å². The van der Waals surface area contributed by atoms with Crippen molar-refractivity contribution >= 4 is 17.5 Å². The number of carbonyl (C=O) groups is 1. The fraction of sp³-hybridized carbons (Fsp3) is 0.412. The smallest absolute Gasteiger partial charge is 0.173 e. The minimum atomic E-state index is -0.0481. The topological polar surface area (TPSA) is 55.1 Å². The molecule has 0 bridgehead atoms. The number of hydrogen-bond acceptors (Lipinski definition) is 4. The summed E-state index contributed by atoms with van der Waals surface area (Å²) < 4.78 is 1.82. The molecule has 22 heavy (non-hydrogen) atoms. The van der Waals surface area contributed by atoms with E-state index in [-0.39, 0.29) is 12.4 Å². The van der Waals surface area contributed by atoms with Crippen molar-refractivity contribution in [2.24, 2.45) is 7.05 Å². The molecule has 2 rings (SSSR count). The molecule has 0 atom stereocenters. The number of aliphatic hydroxyl groups is 1. The number of aromatic nitrogens is 2. The minimum absolute atomic E-state index is 0.0481. The lowest BCUT2D eigenvalue weighted by Gasteiger charge is -2.13. The second kappa shape index (κ2) is 6.67. The van der Waals surface area contributed by atoms with Crippen LogP contribution in [0.3, 0.4) is 0 Å². The lowest BCUT2D eigenvalue weighted by atomic mass is 9.93. The van der Waals surface area contributed by atoms with Crippen LogP contribution in [0.5, 0.6) is 0 Å². The summed E-state index contributed by atoms with van der Waals surface area (Å²) >= 11 is 1.40. The molecule has 1 heterocycles. The van der Waals surface area contributed by atoms with Gasteiger partial charge >= 0.3 is 0 Å². The molecule has 0 aliphatic rings. The van der Waals surface area contributed by atoms with Crippen molar-refractivity contribution in [3.63, 3.8) is 0 Å². The molecule has 1 N–H and O–H groups in total. The molecular weight excluding hydrogens is 296 g/mol. The lowest BCUT2D eigenvalue weighted by molar-refractivity contribution is 0.102. The van der Waals surface area contributed by atoms with E-state index < -0.39 is 0 Å². The Morgan fingerprint density at radius 3 is 2.50 bits per heavy atom. The van der Waals surface area contributed by atoms with E-state index in [9.17, 15) is 9.90 Å². The molecule has 0 radical (unpaired) electrons. The van der Waals surface area contributed by atoms with Crippen LogP contribution in [0.15, 0.2) is 17.4 Å². The first-order valence-electron chi connectivity index (χ1n) is 7.21. The molecule has 0 spiro atoms. The summed E-state index contributed by atoms with van der Waals surface area (Å²) in [6, 6.07) is 1.98. The molecule has 4 nitrogen and oxygen atoms in total. The number of aryl methyl sites for hydroxylation is 1. The Morgan fingerprint density at radius 1 is 1.23 bits per heavy atom. The predicted molar refractivity (Wildman–Crippen MR) is 89.6 cm³/mol. The number of thioether (sulfide) groups is 1.